The fraction of sp³-hybridized carbons (Fsp3) is 0.188. The van der Waals surface area contributed by atoms with Gasteiger partial charge in [-0.3, -0.25) is 0 Å². The molecule has 1 spiro atoms. The second-order valence-corrected chi connectivity index (χ2v) is 30.8. The maximum Gasteiger partial charge on any atom is 0.0725 e. The van der Waals surface area contributed by atoms with E-state index in [0.717, 1.165) is 0 Å². The average Bonchev–Trinajstić information content (AvgIpc) is 1.50. The van der Waals surface area contributed by atoms with Gasteiger partial charge in [-0.15, -0.1) is 0 Å². The number of hydrogen-bond acceptors (Lipinski definition) is 0. The largest absolute Gasteiger partial charge is 0.0725 e. The van der Waals surface area contributed by atoms with Crippen LogP contribution in [0.1, 0.15) is 150 Å². The van der Waals surface area contributed by atoms with Crippen molar-refractivity contribution < 1.29 is 0 Å². The zero-order valence-electron chi connectivity index (χ0n) is 58.0. The second-order valence-electron chi connectivity index (χ2n) is 30.8. The van der Waals surface area contributed by atoms with Crippen molar-refractivity contribution in [1.82, 2.24) is 0 Å². The highest BCUT2D eigenvalue weighted by Gasteiger charge is 2.52. The number of rotatable bonds is 3. The molecule has 3 aliphatic rings. The minimum Gasteiger partial charge on any atom is -0.0622 e. The number of hydrogen-bond donors (Lipinski definition) is 0. The van der Waals surface area contributed by atoms with Crippen molar-refractivity contribution in [3.63, 3.8) is 0 Å². The molecule has 0 aromatic heterocycles. The van der Waals surface area contributed by atoms with E-state index in [4.69, 9.17) is 0 Å². The van der Waals surface area contributed by atoms with Crippen LogP contribution in [0.4, 0.5) is 0 Å². The zero-order chi connectivity index (χ0) is 66.8. The van der Waals surface area contributed by atoms with Crippen molar-refractivity contribution in [1.29, 1.82) is 0 Å². The van der Waals surface area contributed by atoms with Crippen LogP contribution in [0.15, 0.2) is 315 Å². The van der Waals surface area contributed by atoms with Crippen molar-refractivity contribution in [2.24, 2.45) is 0 Å². The fourth-order valence-corrected chi connectivity index (χ4v) is 15.7. The molecule has 0 heterocycles. The summed E-state index contributed by atoms with van der Waals surface area (Å²) < 4.78 is 0. The van der Waals surface area contributed by atoms with E-state index in [-0.39, 0.29) is 32.5 Å². The molecule has 472 valence electrons. The summed E-state index contributed by atoms with van der Waals surface area (Å²) in [5, 5.41) is 8.01. The number of benzene rings is 14. The van der Waals surface area contributed by atoms with Crippen LogP contribution in [0, 0.1) is 0 Å². The predicted octanol–water partition coefficient (Wildman–Crippen LogP) is 25.8. The van der Waals surface area contributed by atoms with E-state index in [1.165, 1.54) is 144 Å². The Morgan fingerprint density at radius 3 is 1.00 bits per heavy atom. The maximum absolute atomic E-state index is 2.48. The van der Waals surface area contributed by atoms with Crippen LogP contribution in [0.3, 0.4) is 0 Å². The molecule has 0 atom stereocenters. The van der Waals surface area contributed by atoms with Crippen molar-refractivity contribution in [2.45, 2.75) is 116 Å². The summed E-state index contributed by atoms with van der Waals surface area (Å²) in [6, 6.07) is 116. The standard InChI is InChI=1S/C29H24.C29H26.C20H20.C18H18/c1-28(2,3)19-16-17-23-22-12-6-9-15-26(22)29(27(23)18-19)24-13-7-4-10-20(24)21-11-5-8-14-25(21)29;1-28(2,3)23-18-19-25-24-16-10-11-17-26(24)29(27(25)20-23,21-12-6-4-7-13-21)22-14-8-5-9-15-22;1-20(2,3)19-12-10-16(11-13-19)18-9-8-15-6-4-5-7-17(15)14-18;1-18(2,3)17-12-13-8-4-5-9-14(13)15-10-6-7-11-16(15)17/h4-18H,1-3H3;4-20H,1-3H3;4-14H,1-3H3;4-12H,1-3H3. The van der Waals surface area contributed by atoms with Crippen LogP contribution in [-0.2, 0) is 32.5 Å². The van der Waals surface area contributed by atoms with Gasteiger partial charge in [0.05, 0.1) is 10.8 Å². The maximum atomic E-state index is 2.48. The molecule has 0 radical (unpaired) electrons. The van der Waals surface area contributed by atoms with Crippen molar-refractivity contribution in [3.05, 3.63) is 382 Å². The SMILES string of the molecule is CC(C)(C)c1cc2ccccc2c2ccccc12.CC(C)(C)c1ccc(-c2ccc3ccccc3c2)cc1.CC(C)(C)c1ccc2c(c1)C(c1ccccc1)(c1ccccc1)c1ccccc1-2.CC(C)(C)c1ccc2c(c1)C1(c3ccccc3-c3ccccc31)c1ccccc1-2. The highest BCUT2D eigenvalue weighted by molar-refractivity contribution is 6.09. The summed E-state index contributed by atoms with van der Waals surface area (Å²) in [5.41, 5.74) is 27.5. The molecule has 14 aromatic rings. The minimum absolute atomic E-state index is 0.100. The molecule has 0 saturated heterocycles. The van der Waals surface area contributed by atoms with Crippen LogP contribution >= 0.6 is 0 Å². The summed E-state index contributed by atoms with van der Waals surface area (Å²) in [6.07, 6.45) is 0. The van der Waals surface area contributed by atoms with Gasteiger partial charge in [0.25, 0.3) is 0 Å². The van der Waals surface area contributed by atoms with Crippen LogP contribution in [0.5, 0.6) is 0 Å². The second kappa shape index (κ2) is 24.6. The molecule has 0 heteroatoms. The van der Waals surface area contributed by atoms with Crippen LogP contribution in [0.25, 0.3) is 76.8 Å². The first-order valence-electron chi connectivity index (χ1n) is 34.5. The lowest BCUT2D eigenvalue weighted by Crippen LogP contribution is -2.29. The van der Waals surface area contributed by atoms with Gasteiger partial charge in [-0.2, -0.15) is 0 Å². The highest BCUT2D eigenvalue weighted by Crippen LogP contribution is 2.63. The Morgan fingerprint density at radius 2 is 0.542 bits per heavy atom. The third-order valence-corrected chi connectivity index (χ3v) is 20.6. The summed E-state index contributed by atoms with van der Waals surface area (Å²) in [4.78, 5) is 0. The molecule has 96 heavy (non-hydrogen) atoms. The van der Waals surface area contributed by atoms with Gasteiger partial charge in [0.15, 0.2) is 0 Å². The van der Waals surface area contributed by atoms with Crippen LogP contribution < -0.4 is 0 Å². The Bertz CT molecular complexity index is 4970. The van der Waals surface area contributed by atoms with Crippen molar-refractivity contribution >= 4 is 32.3 Å². The van der Waals surface area contributed by atoms with Gasteiger partial charge >= 0.3 is 0 Å². The van der Waals surface area contributed by atoms with Gasteiger partial charge in [-0.05, 0) is 177 Å². The molecule has 17 rings (SSSR count). The number of fused-ring (bicyclic) bond motifs is 17. The highest BCUT2D eigenvalue weighted by atomic mass is 14.5. The lowest BCUT2D eigenvalue weighted by atomic mass is 9.67. The van der Waals surface area contributed by atoms with Crippen molar-refractivity contribution in [3.8, 4) is 44.5 Å². The molecule has 0 saturated carbocycles. The third kappa shape index (κ3) is 11.1. The summed E-state index contributed by atoms with van der Waals surface area (Å²) in [7, 11) is 0. The molecule has 0 unspecified atom stereocenters. The Labute approximate surface area is 571 Å². The Hall–Kier alpha value is -10.1. The van der Waals surface area contributed by atoms with E-state index in [0.29, 0.717) is 0 Å². The smallest absolute Gasteiger partial charge is 0.0622 e. The summed E-state index contributed by atoms with van der Waals surface area (Å²) in [5.74, 6) is 0. The first-order valence-corrected chi connectivity index (χ1v) is 34.5. The fourth-order valence-electron chi connectivity index (χ4n) is 15.7. The van der Waals surface area contributed by atoms with Gasteiger partial charge in [-0.25, -0.2) is 0 Å². The Kier molecular flexibility index (Phi) is 16.2. The zero-order valence-corrected chi connectivity index (χ0v) is 58.0. The molecule has 0 fully saturated rings. The first-order chi connectivity index (χ1) is 46.2. The van der Waals surface area contributed by atoms with Crippen LogP contribution in [0.2, 0.25) is 0 Å². The monoisotopic (exact) mass is 1240 g/mol. The molecule has 0 nitrogen and oxygen atoms in total. The van der Waals surface area contributed by atoms with E-state index in [1.54, 1.807) is 0 Å². The minimum atomic E-state index is -0.296. The average molecular weight is 1240 g/mol. The lowest BCUT2D eigenvalue weighted by Gasteiger charge is -2.34. The van der Waals surface area contributed by atoms with Crippen molar-refractivity contribution in [2.75, 3.05) is 0 Å². The molecular weight excluding hydrogens is 1150 g/mol. The molecule has 0 bridgehead atoms. The predicted molar refractivity (Wildman–Crippen MR) is 412 cm³/mol. The molecule has 0 aliphatic heterocycles. The van der Waals surface area contributed by atoms with E-state index in [9.17, 15) is 0 Å². The normalized spacial score (nSPS) is 13.6. The van der Waals surface area contributed by atoms with Gasteiger partial charge in [-0.1, -0.05) is 386 Å². The molecule has 0 amide bonds. The molecule has 3 aliphatic carbocycles. The van der Waals surface area contributed by atoms with Gasteiger partial charge in [0.2, 0.25) is 0 Å². The molecule has 0 N–H and O–H groups in total. The topological polar surface area (TPSA) is 0 Å². The van der Waals surface area contributed by atoms with E-state index >= 15 is 0 Å². The van der Waals surface area contributed by atoms with E-state index < -0.39 is 0 Å². The summed E-state index contributed by atoms with van der Waals surface area (Å²) in [6.45, 7) is 27.4. The molecule has 14 aromatic carbocycles. The lowest BCUT2D eigenvalue weighted by molar-refractivity contribution is 0.588. The van der Waals surface area contributed by atoms with E-state index in [2.05, 4.69) is 399 Å². The van der Waals surface area contributed by atoms with E-state index in [1.807, 2.05) is 0 Å². The first kappa shape index (κ1) is 63.3. The van der Waals surface area contributed by atoms with Gasteiger partial charge < -0.3 is 0 Å². The third-order valence-electron chi connectivity index (χ3n) is 20.6. The summed E-state index contributed by atoms with van der Waals surface area (Å²) >= 11 is 0. The quantitative estimate of drug-likeness (QED) is 0.155. The Morgan fingerprint density at radius 1 is 0.198 bits per heavy atom. The van der Waals surface area contributed by atoms with Crippen LogP contribution in [-0.4, -0.2) is 0 Å². The molecular formula is C96H88. The van der Waals surface area contributed by atoms with Gasteiger partial charge in [0, 0.05) is 0 Å². The van der Waals surface area contributed by atoms with Gasteiger partial charge in [0.1, 0.15) is 0 Å². The Balaban J connectivity index is 0.000000112.